The number of hydrogen-bond acceptors (Lipinski definition) is 1. The van der Waals surface area contributed by atoms with E-state index in [4.69, 9.17) is 0 Å². The van der Waals surface area contributed by atoms with E-state index in [1.165, 1.54) is 5.92 Å². The first kappa shape index (κ1) is 17.1. The van der Waals surface area contributed by atoms with Gasteiger partial charge in [0, 0.05) is 12.3 Å². The molecule has 0 aliphatic rings. The zero-order valence-corrected chi connectivity index (χ0v) is 11.9. The summed E-state index contributed by atoms with van der Waals surface area (Å²) in [5, 5.41) is 0. The van der Waals surface area contributed by atoms with Crippen LogP contribution in [-0.2, 0) is 0 Å². The Kier molecular flexibility index (Phi) is 11.7. The van der Waals surface area contributed by atoms with Crippen LogP contribution < -0.4 is 4.98 Å². The Bertz CT molecular complexity index is 235. The van der Waals surface area contributed by atoms with E-state index in [0.717, 1.165) is 5.69 Å². The molecule has 1 rings (SSSR count). The Hall–Kier alpha value is -0.284. The number of hydrogen-bond donors (Lipinski definition) is 0. The molecule has 0 radical (unpaired) electrons. The number of rotatable bonds is 2. The molecule has 1 aromatic rings. The second-order valence-electron chi connectivity index (χ2n) is 3.93. The van der Waals surface area contributed by atoms with Crippen LogP contribution >= 0.6 is 0 Å². The van der Waals surface area contributed by atoms with Gasteiger partial charge in [-0.1, -0.05) is 12.1 Å². The summed E-state index contributed by atoms with van der Waals surface area (Å²) in [5.41, 5.74) is 0.939. The van der Waals surface area contributed by atoms with E-state index in [2.05, 4.69) is 30.7 Å². The molecule has 0 aliphatic carbocycles. The predicted octanol–water partition coefficient (Wildman–Crippen LogP) is 2.71. The maximum Gasteiger partial charge on any atom is 2.00 e. The molecule has 0 aliphatic heterocycles. The fraction of sp³-hybridized carbons (Fsp3) is 0.500. The molecule has 0 aromatic carbocycles. The molecule has 3 heteroatoms. The molecule has 80 valence electrons. The summed E-state index contributed by atoms with van der Waals surface area (Å²) in [6.07, 6.45) is 3.56. The van der Waals surface area contributed by atoms with Crippen molar-refractivity contribution in [2.24, 2.45) is 4.99 Å². The molecular formula is C12H20MgN2. The number of aromatic nitrogens is 1. The minimum atomic E-state index is 0. The van der Waals surface area contributed by atoms with E-state index in [1.807, 2.05) is 26.0 Å². The average Bonchev–Trinajstić information content (AvgIpc) is 2.51. The summed E-state index contributed by atoms with van der Waals surface area (Å²) < 4.78 is 0. The van der Waals surface area contributed by atoms with Crippen LogP contribution in [0.4, 0.5) is 0 Å². The molecule has 0 spiro atoms. The first-order valence-electron chi connectivity index (χ1n) is 4.90. The van der Waals surface area contributed by atoms with Gasteiger partial charge in [-0.15, -0.1) is 5.69 Å². The van der Waals surface area contributed by atoms with Gasteiger partial charge >= 0.3 is 23.1 Å². The van der Waals surface area contributed by atoms with Crippen molar-refractivity contribution in [3.05, 3.63) is 29.9 Å². The summed E-state index contributed by atoms with van der Waals surface area (Å²) in [6, 6.07) is 4.20. The Labute approximate surface area is 110 Å². The van der Waals surface area contributed by atoms with E-state index in [-0.39, 0.29) is 23.1 Å². The van der Waals surface area contributed by atoms with Gasteiger partial charge in [0.2, 0.25) is 0 Å². The van der Waals surface area contributed by atoms with Crippen molar-refractivity contribution < 1.29 is 0 Å². The van der Waals surface area contributed by atoms with Crippen LogP contribution in [0.3, 0.4) is 0 Å². The van der Waals surface area contributed by atoms with E-state index in [0.29, 0.717) is 6.04 Å². The SMILES string of the molecule is CC(C)N=Cc1ccc[n-]1.C[C-](C)C.[Mg+2]. The Balaban J connectivity index is 0. The van der Waals surface area contributed by atoms with Crippen molar-refractivity contribution in [1.82, 2.24) is 4.98 Å². The van der Waals surface area contributed by atoms with E-state index >= 15 is 0 Å². The van der Waals surface area contributed by atoms with Crippen LogP contribution in [-0.4, -0.2) is 35.3 Å². The third-order valence-corrected chi connectivity index (χ3v) is 1.08. The molecule has 0 bridgehead atoms. The molecule has 1 heterocycles. The van der Waals surface area contributed by atoms with Gasteiger partial charge in [-0.05, 0) is 13.8 Å². The quantitative estimate of drug-likeness (QED) is 0.424. The standard InChI is InChI=1S/C8H11N2.C4H9.Mg/c1-7(2)10-6-8-4-3-5-9-8;1-4(2)3;/h3-7H,1-2H3;1-3H3;/q2*-1;+2. The molecule has 2 nitrogen and oxygen atoms in total. The molecule has 0 unspecified atom stereocenters. The van der Waals surface area contributed by atoms with Gasteiger partial charge in [0.05, 0.1) is 0 Å². The van der Waals surface area contributed by atoms with Crippen molar-refractivity contribution in [2.45, 2.75) is 40.7 Å². The third-order valence-electron chi connectivity index (χ3n) is 1.08. The predicted molar refractivity (Wildman–Crippen MR) is 68.5 cm³/mol. The summed E-state index contributed by atoms with van der Waals surface area (Å²) in [4.78, 5) is 8.22. The van der Waals surface area contributed by atoms with E-state index < -0.39 is 0 Å². The van der Waals surface area contributed by atoms with Gasteiger partial charge in [0.15, 0.2) is 0 Å². The minimum Gasteiger partial charge on any atom is -0.663 e. The van der Waals surface area contributed by atoms with Crippen LogP contribution in [0.1, 0.15) is 40.3 Å². The Morgan fingerprint density at radius 1 is 1.33 bits per heavy atom. The maximum atomic E-state index is 4.18. The van der Waals surface area contributed by atoms with Crippen LogP contribution in [0.5, 0.6) is 0 Å². The largest absolute Gasteiger partial charge is 2.00 e. The molecule has 1 aromatic heterocycles. The zero-order chi connectivity index (χ0) is 11.0. The Morgan fingerprint density at radius 3 is 2.20 bits per heavy atom. The molecule has 0 amide bonds. The smallest absolute Gasteiger partial charge is 0.663 e. The molecule has 0 saturated heterocycles. The van der Waals surface area contributed by atoms with E-state index in [1.54, 1.807) is 12.4 Å². The number of nitrogens with zero attached hydrogens (tertiary/aromatic N) is 2. The van der Waals surface area contributed by atoms with Crippen LogP contribution in [0.15, 0.2) is 23.3 Å². The topological polar surface area (TPSA) is 26.5 Å². The van der Waals surface area contributed by atoms with Crippen molar-refractivity contribution in [2.75, 3.05) is 0 Å². The molecule has 0 atom stereocenters. The average molecular weight is 217 g/mol. The maximum absolute atomic E-state index is 4.18. The van der Waals surface area contributed by atoms with Gasteiger partial charge in [-0.2, -0.15) is 27.0 Å². The second kappa shape index (κ2) is 10.2. The summed E-state index contributed by atoms with van der Waals surface area (Å²) >= 11 is 0. The van der Waals surface area contributed by atoms with Gasteiger partial charge in [0.1, 0.15) is 0 Å². The van der Waals surface area contributed by atoms with Gasteiger partial charge < -0.3 is 10.9 Å². The zero-order valence-electron chi connectivity index (χ0n) is 10.5. The summed E-state index contributed by atoms with van der Waals surface area (Å²) in [5.74, 6) is 1.42. The second-order valence-corrected chi connectivity index (χ2v) is 3.93. The minimum absolute atomic E-state index is 0. The number of aliphatic imine (C=N–C) groups is 1. The normalized spacial score (nSPS) is 10.1. The molecule has 0 fully saturated rings. The molecule has 15 heavy (non-hydrogen) atoms. The van der Waals surface area contributed by atoms with Crippen molar-refractivity contribution in [3.63, 3.8) is 0 Å². The van der Waals surface area contributed by atoms with E-state index in [9.17, 15) is 0 Å². The van der Waals surface area contributed by atoms with Crippen molar-refractivity contribution >= 4 is 29.3 Å². The fourth-order valence-electron chi connectivity index (χ4n) is 0.616. The molecular weight excluding hydrogens is 196 g/mol. The monoisotopic (exact) mass is 216 g/mol. The van der Waals surface area contributed by atoms with Crippen molar-refractivity contribution in [3.8, 4) is 0 Å². The first-order chi connectivity index (χ1) is 6.52. The Morgan fingerprint density at radius 2 is 1.87 bits per heavy atom. The van der Waals surface area contributed by atoms with Crippen LogP contribution in [0.2, 0.25) is 0 Å². The van der Waals surface area contributed by atoms with Crippen LogP contribution in [0.25, 0.3) is 0 Å². The van der Waals surface area contributed by atoms with Gasteiger partial charge in [0.25, 0.3) is 0 Å². The van der Waals surface area contributed by atoms with Crippen molar-refractivity contribution in [1.29, 1.82) is 0 Å². The molecule has 0 saturated carbocycles. The summed E-state index contributed by atoms with van der Waals surface area (Å²) in [7, 11) is 0. The summed E-state index contributed by atoms with van der Waals surface area (Å²) in [6.45, 7) is 10.3. The fourth-order valence-corrected chi connectivity index (χ4v) is 0.616. The molecule has 0 N–H and O–H groups in total. The van der Waals surface area contributed by atoms with Gasteiger partial charge in [-0.3, -0.25) is 4.99 Å². The van der Waals surface area contributed by atoms with Gasteiger partial charge in [-0.25, -0.2) is 0 Å². The van der Waals surface area contributed by atoms with Crippen LogP contribution in [0, 0.1) is 5.92 Å². The first-order valence-corrected chi connectivity index (χ1v) is 4.90. The third kappa shape index (κ3) is 13.7.